The largest absolute Gasteiger partial charge is 0.446 e. The lowest BCUT2D eigenvalue weighted by Crippen LogP contribution is -2.41. The van der Waals surface area contributed by atoms with Gasteiger partial charge in [-0.2, -0.15) is 13.2 Å². The summed E-state index contributed by atoms with van der Waals surface area (Å²) < 4.78 is 36.6. The Hall–Kier alpha value is -0.720. The van der Waals surface area contributed by atoms with Crippen LogP contribution in [0.25, 0.3) is 0 Å². The number of hydrogen-bond donors (Lipinski definition) is 2. The van der Waals surface area contributed by atoms with Gasteiger partial charge in [0.05, 0.1) is 6.10 Å². The smallest absolute Gasteiger partial charge is 0.392 e. The fourth-order valence-electron chi connectivity index (χ4n) is 2.41. The fourth-order valence-corrected chi connectivity index (χ4v) is 2.95. The molecule has 0 spiro atoms. The molecule has 0 bridgehead atoms. The molecule has 0 heterocycles. The SMILES string of the molecule is O[C@@H]1CCCC[C@@H]1NCc1ccc(SC(F)(F)F)cc1. The Morgan fingerprint density at radius 3 is 2.40 bits per heavy atom. The van der Waals surface area contributed by atoms with Gasteiger partial charge in [0.1, 0.15) is 0 Å². The standard InChI is InChI=1S/C14H18F3NOS/c15-14(16,17)20-11-7-5-10(6-8-11)9-18-12-3-1-2-4-13(12)19/h5-8,12-13,18-19H,1-4,9H2/t12-,13+/m0/s1. The number of nitrogens with one attached hydrogen (secondary N) is 1. The predicted molar refractivity (Wildman–Crippen MR) is 73.5 cm³/mol. The summed E-state index contributed by atoms with van der Waals surface area (Å²) in [6.45, 7) is 0.568. The van der Waals surface area contributed by atoms with E-state index in [1.54, 1.807) is 12.1 Å². The molecule has 2 atom stereocenters. The van der Waals surface area contributed by atoms with E-state index in [0.717, 1.165) is 31.2 Å². The van der Waals surface area contributed by atoms with Crippen LogP contribution in [0.5, 0.6) is 0 Å². The second-order valence-electron chi connectivity index (χ2n) is 5.03. The molecular formula is C14H18F3NOS. The van der Waals surface area contributed by atoms with Crippen molar-refractivity contribution in [1.29, 1.82) is 0 Å². The van der Waals surface area contributed by atoms with E-state index in [4.69, 9.17) is 0 Å². The molecule has 0 radical (unpaired) electrons. The van der Waals surface area contributed by atoms with Crippen molar-refractivity contribution in [2.75, 3.05) is 0 Å². The lowest BCUT2D eigenvalue weighted by Gasteiger charge is -2.28. The Balaban J connectivity index is 1.84. The molecule has 6 heteroatoms. The Bertz CT molecular complexity index is 421. The topological polar surface area (TPSA) is 32.3 Å². The van der Waals surface area contributed by atoms with Gasteiger partial charge in [-0.1, -0.05) is 25.0 Å². The van der Waals surface area contributed by atoms with E-state index in [2.05, 4.69) is 5.32 Å². The quantitative estimate of drug-likeness (QED) is 0.832. The summed E-state index contributed by atoms with van der Waals surface area (Å²) in [5.74, 6) is 0. The number of aliphatic hydroxyl groups is 1. The minimum atomic E-state index is -4.24. The van der Waals surface area contributed by atoms with Crippen LogP contribution in [0, 0.1) is 0 Å². The first-order valence-electron chi connectivity index (χ1n) is 6.70. The minimum absolute atomic E-state index is 0.0907. The predicted octanol–water partition coefficient (Wildman–Crippen LogP) is 3.69. The van der Waals surface area contributed by atoms with Gasteiger partial charge < -0.3 is 10.4 Å². The maximum atomic E-state index is 12.2. The van der Waals surface area contributed by atoms with E-state index in [1.807, 2.05) is 0 Å². The highest BCUT2D eigenvalue weighted by atomic mass is 32.2. The number of rotatable bonds is 4. The molecule has 1 saturated carbocycles. The van der Waals surface area contributed by atoms with Crippen LogP contribution in [0.15, 0.2) is 29.2 Å². The zero-order valence-electron chi connectivity index (χ0n) is 11.0. The molecule has 0 aromatic heterocycles. The van der Waals surface area contributed by atoms with Crippen molar-refractivity contribution < 1.29 is 18.3 Å². The fraction of sp³-hybridized carbons (Fsp3) is 0.571. The minimum Gasteiger partial charge on any atom is -0.392 e. The Kier molecular flexibility index (Phi) is 5.35. The Morgan fingerprint density at radius 2 is 1.80 bits per heavy atom. The van der Waals surface area contributed by atoms with Gasteiger partial charge in [0.15, 0.2) is 0 Å². The summed E-state index contributed by atoms with van der Waals surface area (Å²) in [6.07, 6.45) is 3.62. The van der Waals surface area contributed by atoms with Crippen molar-refractivity contribution in [2.45, 2.75) is 54.8 Å². The highest BCUT2D eigenvalue weighted by Gasteiger charge is 2.29. The van der Waals surface area contributed by atoms with Crippen LogP contribution >= 0.6 is 11.8 Å². The number of aliphatic hydroxyl groups excluding tert-OH is 1. The van der Waals surface area contributed by atoms with E-state index < -0.39 is 5.51 Å². The van der Waals surface area contributed by atoms with Gasteiger partial charge >= 0.3 is 5.51 Å². The summed E-state index contributed by atoms with van der Waals surface area (Å²) in [6, 6.07) is 6.43. The molecule has 0 saturated heterocycles. The monoisotopic (exact) mass is 305 g/mol. The zero-order valence-corrected chi connectivity index (χ0v) is 11.8. The second kappa shape index (κ2) is 6.83. The van der Waals surface area contributed by atoms with Crippen molar-refractivity contribution in [3.05, 3.63) is 29.8 Å². The number of thioether (sulfide) groups is 1. The molecule has 1 aliphatic rings. The van der Waals surface area contributed by atoms with Crippen LogP contribution in [0.4, 0.5) is 13.2 Å². The first kappa shape index (κ1) is 15.7. The molecule has 1 aliphatic carbocycles. The van der Waals surface area contributed by atoms with Crippen molar-refractivity contribution >= 4 is 11.8 Å². The average molecular weight is 305 g/mol. The third-order valence-electron chi connectivity index (χ3n) is 3.45. The molecular weight excluding hydrogens is 287 g/mol. The molecule has 2 rings (SSSR count). The summed E-state index contributed by atoms with van der Waals surface area (Å²) in [5, 5.41) is 13.1. The first-order chi connectivity index (χ1) is 9.44. The summed E-state index contributed by atoms with van der Waals surface area (Å²) in [7, 11) is 0. The van der Waals surface area contributed by atoms with Crippen LogP contribution in [0.1, 0.15) is 31.2 Å². The van der Waals surface area contributed by atoms with Crippen molar-refractivity contribution in [3.63, 3.8) is 0 Å². The normalized spacial score (nSPS) is 23.8. The molecule has 112 valence electrons. The van der Waals surface area contributed by atoms with Crippen LogP contribution in [-0.2, 0) is 6.54 Å². The molecule has 2 nitrogen and oxygen atoms in total. The van der Waals surface area contributed by atoms with Crippen molar-refractivity contribution in [2.24, 2.45) is 0 Å². The molecule has 1 aromatic rings. The maximum Gasteiger partial charge on any atom is 0.446 e. The second-order valence-corrected chi connectivity index (χ2v) is 6.17. The van der Waals surface area contributed by atoms with Gasteiger partial charge in [0.25, 0.3) is 0 Å². The third kappa shape index (κ3) is 5.00. The molecule has 0 amide bonds. The lowest BCUT2D eigenvalue weighted by molar-refractivity contribution is -0.0328. The zero-order chi connectivity index (χ0) is 14.6. The molecule has 0 aliphatic heterocycles. The average Bonchev–Trinajstić information content (AvgIpc) is 2.38. The molecule has 20 heavy (non-hydrogen) atoms. The van der Waals surface area contributed by atoms with Gasteiger partial charge in [-0.3, -0.25) is 0 Å². The number of hydrogen-bond acceptors (Lipinski definition) is 3. The van der Waals surface area contributed by atoms with Gasteiger partial charge in [0, 0.05) is 17.5 Å². The maximum absolute atomic E-state index is 12.2. The Morgan fingerprint density at radius 1 is 1.15 bits per heavy atom. The number of alkyl halides is 3. The first-order valence-corrected chi connectivity index (χ1v) is 7.52. The van der Waals surface area contributed by atoms with Gasteiger partial charge in [-0.05, 0) is 42.3 Å². The van der Waals surface area contributed by atoms with Gasteiger partial charge in [-0.25, -0.2) is 0 Å². The number of halogens is 3. The molecule has 1 fully saturated rings. The van der Waals surface area contributed by atoms with E-state index in [-0.39, 0.29) is 28.8 Å². The van der Waals surface area contributed by atoms with E-state index in [1.165, 1.54) is 12.1 Å². The highest BCUT2D eigenvalue weighted by molar-refractivity contribution is 8.00. The van der Waals surface area contributed by atoms with Crippen LogP contribution < -0.4 is 5.32 Å². The molecule has 2 N–H and O–H groups in total. The highest BCUT2D eigenvalue weighted by Crippen LogP contribution is 2.36. The summed E-state index contributed by atoms with van der Waals surface area (Å²) in [4.78, 5) is 0.193. The van der Waals surface area contributed by atoms with E-state index >= 15 is 0 Å². The summed E-state index contributed by atoms with van der Waals surface area (Å²) in [5.41, 5.74) is -3.32. The Labute approximate surface area is 120 Å². The third-order valence-corrected chi connectivity index (χ3v) is 4.19. The van der Waals surface area contributed by atoms with Crippen molar-refractivity contribution in [3.8, 4) is 0 Å². The van der Waals surface area contributed by atoms with Crippen LogP contribution in [0.3, 0.4) is 0 Å². The summed E-state index contributed by atoms with van der Waals surface area (Å²) >= 11 is -0.104. The van der Waals surface area contributed by atoms with Gasteiger partial charge in [-0.15, -0.1) is 0 Å². The van der Waals surface area contributed by atoms with Gasteiger partial charge in [0.2, 0.25) is 0 Å². The lowest BCUT2D eigenvalue weighted by atomic mass is 9.92. The van der Waals surface area contributed by atoms with E-state index in [9.17, 15) is 18.3 Å². The van der Waals surface area contributed by atoms with Crippen molar-refractivity contribution in [1.82, 2.24) is 5.32 Å². The van der Waals surface area contributed by atoms with E-state index in [0.29, 0.717) is 6.54 Å². The molecule has 1 aromatic carbocycles. The van der Waals surface area contributed by atoms with Crippen LogP contribution in [-0.4, -0.2) is 22.8 Å². The molecule has 0 unspecified atom stereocenters. The number of benzene rings is 1. The van der Waals surface area contributed by atoms with Crippen LogP contribution in [0.2, 0.25) is 0 Å².